The average Bonchev–Trinajstić information content (AvgIpc) is 2.42. The summed E-state index contributed by atoms with van der Waals surface area (Å²) in [4.78, 5) is 22.3. The molecular weight excluding hydrogens is 168 g/mol. The van der Waals surface area contributed by atoms with Crippen molar-refractivity contribution >= 4 is 11.9 Å². The maximum Gasteiger partial charge on any atom is 0.321 e. The van der Waals surface area contributed by atoms with Gasteiger partial charge in [-0.2, -0.15) is 0 Å². The van der Waals surface area contributed by atoms with E-state index in [4.69, 9.17) is 0 Å². The van der Waals surface area contributed by atoms with Crippen LogP contribution in [-0.4, -0.2) is 11.9 Å². The van der Waals surface area contributed by atoms with Crippen molar-refractivity contribution in [1.29, 1.82) is 0 Å². The summed E-state index contributed by atoms with van der Waals surface area (Å²) in [5.74, 6) is -1.17. The van der Waals surface area contributed by atoms with Gasteiger partial charge in [0.05, 0.1) is 11.8 Å². The van der Waals surface area contributed by atoms with Crippen molar-refractivity contribution in [3.05, 3.63) is 11.6 Å². The van der Waals surface area contributed by atoms with Crippen molar-refractivity contribution in [3.8, 4) is 0 Å². The predicted molar refractivity (Wildman–Crippen MR) is 45.7 cm³/mol. The summed E-state index contributed by atoms with van der Waals surface area (Å²) in [5.41, 5.74) is 1.27. The van der Waals surface area contributed by atoms with Crippen LogP contribution in [0.2, 0.25) is 0 Å². The van der Waals surface area contributed by atoms with Gasteiger partial charge in [0.1, 0.15) is 0 Å². The Balaban J connectivity index is 2.26. The van der Waals surface area contributed by atoms with Gasteiger partial charge in [-0.05, 0) is 19.3 Å². The zero-order valence-corrected chi connectivity index (χ0v) is 7.58. The monoisotopic (exact) mass is 180 g/mol. The second kappa shape index (κ2) is 2.98. The third-order valence-corrected chi connectivity index (χ3v) is 2.86. The Hall–Kier alpha value is -1.12. The molecule has 0 bridgehead atoms. The van der Waals surface area contributed by atoms with Crippen LogP contribution in [0.1, 0.15) is 26.2 Å². The summed E-state index contributed by atoms with van der Waals surface area (Å²) in [6, 6.07) is 0. The Morgan fingerprint density at radius 1 is 1.46 bits per heavy atom. The molecule has 0 saturated carbocycles. The van der Waals surface area contributed by atoms with Crippen molar-refractivity contribution < 1.29 is 14.3 Å². The molecule has 1 aliphatic carbocycles. The highest BCUT2D eigenvalue weighted by molar-refractivity contribution is 5.97. The summed E-state index contributed by atoms with van der Waals surface area (Å²) in [5, 5.41) is 0. The SMILES string of the molecule is CCC1=C[C@H]2C(=O)OC(=O)[C@H]2CC1. The first-order valence-corrected chi connectivity index (χ1v) is 4.67. The van der Waals surface area contributed by atoms with E-state index in [1.807, 2.05) is 6.08 Å². The molecule has 0 radical (unpaired) electrons. The van der Waals surface area contributed by atoms with Gasteiger partial charge in [0, 0.05) is 0 Å². The Labute approximate surface area is 76.8 Å². The van der Waals surface area contributed by atoms with E-state index in [1.54, 1.807) is 0 Å². The maximum atomic E-state index is 11.2. The van der Waals surface area contributed by atoms with Crippen LogP contribution in [0.4, 0.5) is 0 Å². The molecular formula is C10H12O3. The Bertz CT molecular complexity index is 291. The number of carbonyl (C=O) groups excluding carboxylic acids is 2. The second-order valence-electron chi connectivity index (χ2n) is 3.59. The van der Waals surface area contributed by atoms with Gasteiger partial charge >= 0.3 is 11.9 Å². The van der Waals surface area contributed by atoms with E-state index in [1.165, 1.54) is 5.57 Å². The van der Waals surface area contributed by atoms with Gasteiger partial charge in [-0.25, -0.2) is 0 Å². The molecule has 0 aromatic heterocycles. The van der Waals surface area contributed by atoms with E-state index in [9.17, 15) is 9.59 Å². The molecule has 0 spiro atoms. The highest BCUT2D eigenvalue weighted by atomic mass is 16.6. The van der Waals surface area contributed by atoms with Crippen LogP contribution >= 0.6 is 0 Å². The molecule has 70 valence electrons. The summed E-state index contributed by atoms with van der Waals surface area (Å²) in [6.07, 6.45) is 4.58. The minimum atomic E-state index is -0.361. The van der Waals surface area contributed by atoms with E-state index < -0.39 is 0 Å². The molecule has 13 heavy (non-hydrogen) atoms. The molecule has 0 N–H and O–H groups in total. The molecule has 0 unspecified atom stereocenters. The van der Waals surface area contributed by atoms with E-state index in [0.29, 0.717) is 0 Å². The first kappa shape index (κ1) is 8.48. The number of ether oxygens (including phenoxy) is 1. The number of carbonyl (C=O) groups is 2. The standard InChI is InChI=1S/C10H12O3/c1-2-6-3-4-7-8(5-6)10(12)13-9(7)11/h5,7-8H,2-4H2,1H3/t7-,8+/m0/s1. The molecule has 0 amide bonds. The van der Waals surface area contributed by atoms with Crippen molar-refractivity contribution in [1.82, 2.24) is 0 Å². The lowest BCUT2D eigenvalue weighted by molar-refractivity contribution is -0.153. The maximum absolute atomic E-state index is 11.2. The minimum Gasteiger partial charge on any atom is -0.392 e. The third-order valence-electron chi connectivity index (χ3n) is 2.86. The highest BCUT2D eigenvalue weighted by Crippen LogP contribution is 2.35. The quantitative estimate of drug-likeness (QED) is 0.348. The lowest BCUT2D eigenvalue weighted by Gasteiger charge is -2.18. The Morgan fingerprint density at radius 2 is 2.23 bits per heavy atom. The molecule has 2 aliphatic rings. The fraction of sp³-hybridized carbons (Fsp3) is 0.600. The number of esters is 2. The molecule has 1 heterocycles. The van der Waals surface area contributed by atoms with Crippen molar-refractivity contribution in [2.75, 3.05) is 0 Å². The van der Waals surface area contributed by atoms with Gasteiger partial charge in [0.2, 0.25) is 0 Å². The van der Waals surface area contributed by atoms with Gasteiger partial charge in [-0.3, -0.25) is 9.59 Å². The number of fused-ring (bicyclic) bond motifs is 1. The van der Waals surface area contributed by atoms with Crippen molar-refractivity contribution in [3.63, 3.8) is 0 Å². The van der Waals surface area contributed by atoms with E-state index in [-0.39, 0.29) is 23.8 Å². The first-order valence-electron chi connectivity index (χ1n) is 4.67. The largest absolute Gasteiger partial charge is 0.392 e. The minimum absolute atomic E-state index is 0.192. The second-order valence-corrected chi connectivity index (χ2v) is 3.59. The topological polar surface area (TPSA) is 43.4 Å². The summed E-state index contributed by atoms with van der Waals surface area (Å²) < 4.78 is 4.58. The molecule has 3 heteroatoms. The third kappa shape index (κ3) is 1.28. The summed E-state index contributed by atoms with van der Waals surface area (Å²) in [6.45, 7) is 2.06. The number of hydrogen-bond acceptors (Lipinski definition) is 3. The number of hydrogen-bond donors (Lipinski definition) is 0. The van der Waals surface area contributed by atoms with Gasteiger partial charge in [-0.1, -0.05) is 18.6 Å². The normalized spacial score (nSPS) is 32.5. The van der Waals surface area contributed by atoms with Crippen molar-refractivity contribution in [2.45, 2.75) is 26.2 Å². The molecule has 1 fully saturated rings. The molecule has 1 saturated heterocycles. The van der Waals surface area contributed by atoms with Crippen LogP contribution in [0, 0.1) is 11.8 Å². The predicted octanol–water partition coefficient (Wildman–Crippen LogP) is 1.43. The van der Waals surface area contributed by atoms with Gasteiger partial charge in [-0.15, -0.1) is 0 Å². The van der Waals surface area contributed by atoms with Crippen LogP contribution in [0.15, 0.2) is 11.6 Å². The van der Waals surface area contributed by atoms with Crippen LogP contribution in [0.25, 0.3) is 0 Å². The van der Waals surface area contributed by atoms with Crippen LogP contribution in [0.3, 0.4) is 0 Å². The molecule has 2 rings (SSSR count). The van der Waals surface area contributed by atoms with Gasteiger partial charge in [0.25, 0.3) is 0 Å². The van der Waals surface area contributed by atoms with E-state index in [2.05, 4.69) is 11.7 Å². The smallest absolute Gasteiger partial charge is 0.321 e. The number of allylic oxidation sites excluding steroid dienone is 1. The fourth-order valence-corrected chi connectivity index (χ4v) is 2.01. The molecule has 2 atom stereocenters. The van der Waals surface area contributed by atoms with Crippen molar-refractivity contribution in [2.24, 2.45) is 11.8 Å². The lowest BCUT2D eigenvalue weighted by atomic mass is 9.82. The van der Waals surface area contributed by atoms with Gasteiger partial charge < -0.3 is 4.74 Å². The van der Waals surface area contributed by atoms with E-state index in [0.717, 1.165) is 19.3 Å². The summed E-state index contributed by atoms with van der Waals surface area (Å²) in [7, 11) is 0. The van der Waals surface area contributed by atoms with Gasteiger partial charge in [0.15, 0.2) is 0 Å². The van der Waals surface area contributed by atoms with E-state index >= 15 is 0 Å². The molecule has 0 aromatic carbocycles. The first-order chi connectivity index (χ1) is 6.22. The molecule has 3 nitrogen and oxygen atoms in total. The highest BCUT2D eigenvalue weighted by Gasteiger charge is 2.44. The fourth-order valence-electron chi connectivity index (χ4n) is 2.01. The van der Waals surface area contributed by atoms with Crippen LogP contribution < -0.4 is 0 Å². The Morgan fingerprint density at radius 3 is 2.92 bits per heavy atom. The lowest BCUT2D eigenvalue weighted by Crippen LogP contribution is -2.20. The number of rotatable bonds is 1. The van der Waals surface area contributed by atoms with Crippen LogP contribution in [0.5, 0.6) is 0 Å². The average molecular weight is 180 g/mol. The Kier molecular flexibility index (Phi) is 1.94. The summed E-state index contributed by atoms with van der Waals surface area (Å²) >= 11 is 0. The number of cyclic esters (lactones) is 2. The molecule has 0 aromatic rings. The zero-order valence-electron chi connectivity index (χ0n) is 7.58. The molecule has 1 aliphatic heterocycles. The van der Waals surface area contributed by atoms with Crippen LogP contribution in [-0.2, 0) is 14.3 Å². The zero-order chi connectivity index (χ0) is 9.42.